The minimum atomic E-state index is -0.0602. The van der Waals surface area contributed by atoms with E-state index in [1.165, 1.54) is 24.6 Å². The number of carbonyl (C=O) groups is 1. The van der Waals surface area contributed by atoms with E-state index in [0.717, 1.165) is 42.3 Å². The molecule has 1 heterocycles. The van der Waals surface area contributed by atoms with E-state index in [4.69, 9.17) is 4.74 Å². The number of hydrogen-bond donors (Lipinski definition) is 1. The summed E-state index contributed by atoms with van der Waals surface area (Å²) in [5, 5.41) is 5.56. The standard InChI is InChI=1S/C24H35N3O2/c1-18(27-13-10-19(11-14-27)9-12-25-2)24(28)26(3)17-20-5-6-22-16-23(29-4)8-7-21(22)15-20/h5-8,15-16,18-19,25H,9-14,17H2,1-4H3. The van der Waals surface area contributed by atoms with Gasteiger partial charge in [0.1, 0.15) is 5.75 Å². The van der Waals surface area contributed by atoms with Gasteiger partial charge in [-0.1, -0.05) is 18.2 Å². The van der Waals surface area contributed by atoms with Crippen molar-refractivity contribution in [3.63, 3.8) is 0 Å². The van der Waals surface area contributed by atoms with E-state index in [1.54, 1.807) is 7.11 Å². The van der Waals surface area contributed by atoms with Gasteiger partial charge >= 0.3 is 0 Å². The zero-order chi connectivity index (χ0) is 20.8. The van der Waals surface area contributed by atoms with Crippen molar-refractivity contribution in [1.29, 1.82) is 0 Å². The first-order valence-electron chi connectivity index (χ1n) is 10.7. The molecule has 1 saturated heterocycles. The summed E-state index contributed by atoms with van der Waals surface area (Å²) < 4.78 is 5.30. The molecule has 1 unspecified atom stereocenters. The van der Waals surface area contributed by atoms with Gasteiger partial charge in [-0.2, -0.15) is 0 Å². The van der Waals surface area contributed by atoms with Crippen LogP contribution in [0, 0.1) is 5.92 Å². The molecule has 0 aliphatic carbocycles. The number of nitrogens with one attached hydrogen (secondary N) is 1. The number of piperidine rings is 1. The van der Waals surface area contributed by atoms with E-state index in [0.29, 0.717) is 6.54 Å². The monoisotopic (exact) mass is 397 g/mol. The number of hydrogen-bond acceptors (Lipinski definition) is 4. The molecule has 5 heteroatoms. The highest BCUT2D eigenvalue weighted by molar-refractivity contribution is 5.85. The molecule has 1 aliphatic rings. The van der Waals surface area contributed by atoms with E-state index in [9.17, 15) is 4.79 Å². The Morgan fingerprint density at radius 1 is 1.21 bits per heavy atom. The van der Waals surface area contributed by atoms with Crippen LogP contribution in [0.15, 0.2) is 36.4 Å². The van der Waals surface area contributed by atoms with Gasteiger partial charge in [-0.05, 0) is 93.3 Å². The van der Waals surface area contributed by atoms with Crippen molar-refractivity contribution in [1.82, 2.24) is 15.1 Å². The first-order valence-corrected chi connectivity index (χ1v) is 10.7. The second kappa shape index (κ2) is 10.1. The van der Waals surface area contributed by atoms with Crippen LogP contribution in [0.2, 0.25) is 0 Å². The highest BCUT2D eigenvalue weighted by Gasteiger charge is 2.28. The summed E-state index contributed by atoms with van der Waals surface area (Å²) in [6.45, 7) is 5.81. The van der Waals surface area contributed by atoms with Gasteiger partial charge in [-0.3, -0.25) is 9.69 Å². The molecule has 158 valence electrons. The number of amides is 1. The van der Waals surface area contributed by atoms with Gasteiger partial charge in [0.2, 0.25) is 5.91 Å². The zero-order valence-corrected chi connectivity index (χ0v) is 18.3. The molecule has 1 N–H and O–H groups in total. The average Bonchev–Trinajstić information content (AvgIpc) is 2.76. The number of likely N-dealkylation sites (N-methyl/N-ethyl adjacent to an activating group) is 1. The molecule has 2 aromatic rings. The van der Waals surface area contributed by atoms with Crippen molar-refractivity contribution < 1.29 is 9.53 Å². The lowest BCUT2D eigenvalue weighted by molar-refractivity contribution is -0.136. The molecule has 1 amide bonds. The molecule has 0 spiro atoms. The third-order valence-corrected chi connectivity index (χ3v) is 6.26. The molecular weight excluding hydrogens is 362 g/mol. The number of fused-ring (bicyclic) bond motifs is 1. The summed E-state index contributed by atoms with van der Waals surface area (Å²) in [5.74, 6) is 1.85. The quantitative estimate of drug-likeness (QED) is 0.740. The number of ether oxygens (including phenoxy) is 1. The fourth-order valence-corrected chi connectivity index (χ4v) is 4.30. The molecule has 0 radical (unpaired) electrons. The number of nitrogens with zero attached hydrogens (tertiary/aromatic N) is 2. The second-order valence-electron chi connectivity index (χ2n) is 8.29. The first-order chi connectivity index (χ1) is 14.0. The van der Waals surface area contributed by atoms with E-state index in [2.05, 4.69) is 41.4 Å². The Hall–Kier alpha value is -2.11. The van der Waals surface area contributed by atoms with Crippen molar-refractivity contribution >= 4 is 16.7 Å². The van der Waals surface area contributed by atoms with Crippen LogP contribution in [-0.2, 0) is 11.3 Å². The summed E-state index contributed by atoms with van der Waals surface area (Å²) >= 11 is 0. The third kappa shape index (κ3) is 5.49. The Kier molecular flexibility index (Phi) is 7.51. The molecule has 0 bridgehead atoms. The highest BCUT2D eigenvalue weighted by Crippen LogP contribution is 2.24. The average molecular weight is 398 g/mol. The topological polar surface area (TPSA) is 44.8 Å². The number of carbonyl (C=O) groups excluding carboxylic acids is 1. The van der Waals surface area contributed by atoms with Crippen LogP contribution >= 0.6 is 0 Å². The number of rotatable bonds is 8. The Morgan fingerprint density at radius 2 is 1.90 bits per heavy atom. The Labute approximate surface area is 175 Å². The molecule has 29 heavy (non-hydrogen) atoms. The van der Waals surface area contributed by atoms with Crippen molar-refractivity contribution in [2.75, 3.05) is 40.8 Å². The van der Waals surface area contributed by atoms with Crippen molar-refractivity contribution in [3.05, 3.63) is 42.0 Å². The lowest BCUT2D eigenvalue weighted by Gasteiger charge is -2.36. The van der Waals surface area contributed by atoms with Gasteiger partial charge in [-0.25, -0.2) is 0 Å². The fourth-order valence-electron chi connectivity index (χ4n) is 4.30. The lowest BCUT2D eigenvalue weighted by atomic mass is 9.92. The highest BCUT2D eigenvalue weighted by atomic mass is 16.5. The fraction of sp³-hybridized carbons (Fsp3) is 0.542. The van der Waals surface area contributed by atoms with Gasteiger partial charge in [-0.15, -0.1) is 0 Å². The molecule has 3 rings (SSSR count). The summed E-state index contributed by atoms with van der Waals surface area (Å²) in [6.07, 6.45) is 3.62. The lowest BCUT2D eigenvalue weighted by Crippen LogP contribution is -2.48. The largest absolute Gasteiger partial charge is 0.497 e. The minimum Gasteiger partial charge on any atom is -0.497 e. The van der Waals surface area contributed by atoms with Gasteiger partial charge < -0.3 is 15.0 Å². The van der Waals surface area contributed by atoms with Crippen LogP contribution in [0.5, 0.6) is 5.75 Å². The summed E-state index contributed by atoms with van der Waals surface area (Å²) in [6, 6.07) is 12.4. The summed E-state index contributed by atoms with van der Waals surface area (Å²) in [7, 11) is 5.61. The van der Waals surface area contributed by atoms with Crippen LogP contribution in [-0.4, -0.2) is 62.6 Å². The number of benzene rings is 2. The molecular formula is C24H35N3O2. The Balaban J connectivity index is 1.56. The van der Waals surface area contributed by atoms with Gasteiger partial charge in [0, 0.05) is 13.6 Å². The van der Waals surface area contributed by atoms with E-state index < -0.39 is 0 Å². The Bertz CT molecular complexity index is 815. The second-order valence-corrected chi connectivity index (χ2v) is 8.29. The van der Waals surface area contributed by atoms with Crippen molar-refractivity contribution in [2.45, 2.75) is 38.8 Å². The van der Waals surface area contributed by atoms with Crippen LogP contribution in [0.1, 0.15) is 31.7 Å². The summed E-state index contributed by atoms with van der Waals surface area (Å²) in [4.78, 5) is 17.2. The molecule has 0 aromatic heterocycles. The Morgan fingerprint density at radius 3 is 2.59 bits per heavy atom. The van der Waals surface area contributed by atoms with Crippen LogP contribution < -0.4 is 10.1 Å². The maximum absolute atomic E-state index is 13.0. The SMILES string of the molecule is CNCCC1CCN(C(C)C(=O)N(C)Cc2ccc3cc(OC)ccc3c2)CC1. The zero-order valence-electron chi connectivity index (χ0n) is 18.3. The van der Waals surface area contributed by atoms with Crippen LogP contribution in [0.3, 0.4) is 0 Å². The number of likely N-dealkylation sites (tertiary alicyclic amines) is 1. The molecule has 1 fully saturated rings. The summed E-state index contributed by atoms with van der Waals surface area (Å²) in [5.41, 5.74) is 1.15. The van der Waals surface area contributed by atoms with E-state index in [-0.39, 0.29) is 11.9 Å². The van der Waals surface area contributed by atoms with Crippen LogP contribution in [0.4, 0.5) is 0 Å². The molecule has 2 aromatic carbocycles. The number of methoxy groups -OCH3 is 1. The molecule has 1 atom stereocenters. The molecule has 0 saturated carbocycles. The maximum Gasteiger partial charge on any atom is 0.239 e. The van der Waals surface area contributed by atoms with Crippen molar-refractivity contribution in [3.8, 4) is 5.75 Å². The maximum atomic E-state index is 13.0. The smallest absolute Gasteiger partial charge is 0.239 e. The van der Waals surface area contributed by atoms with Gasteiger partial charge in [0.05, 0.1) is 13.2 Å². The third-order valence-electron chi connectivity index (χ3n) is 6.26. The molecule has 1 aliphatic heterocycles. The van der Waals surface area contributed by atoms with Gasteiger partial charge in [0.25, 0.3) is 0 Å². The van der Waals surface area contributed by atoms with Crippen LogP contribution in [0.25, 0.3) is 10.8 Å². The van der Waals surface area contributed by atoms with E-state index >= 15 is 0 Å². The van der Waals surface area contributed by atoms with Gasteiger partial charge in [0.15, 0.2) is 0 Å². The predicted octanol–water partition coefficient (Wildman–Crippen LogP) is 3.52. The van der Waals surface area contributed by atoms with Crippen molar-refractivity contribution in [2.24, 2.45) is 5.92 Å². The normalized spacial score (nSPS) is 16.7. The predicted molar refractivity (Wildman–Crippen MR) is 119 cm³/mol. The molecule has 5 nitrogen and oxygen atoms in total. The minimum absolute atomic E-state index is 0.0602. The van der Waals surface area contributed by atoms with E-state index in [1.807, 2.05) is 31.1 Å². The first kappa shape index (κ1) is 21.6.